The third-order valence-corrected chi connectivity index (χ3v) is 3.95. The second-order valence-electron chi connectivity index (χ2n) is 4.71. The zero-order chi connectivity index (χ0) is 15.9. The van der Waals surface area contributed by atoms with Crippen LogP contribution in [0.15, 0.2) is 35.7 Å². The van der Waals surface area contributed by atoms with Crippen molar-refractivity contribution in [3.8, 4) is 0 Å². The summed E-state index contributed by atoms with van der Waals surface area (Å²) in [6.07, 6.45) is 0.242. The van der Waals surface area contributed by atoms with E-state index >= 15 is 0 Å². The van der Waals surface area contributed by atoms with Crippen molar-refractivity contribution in [3.05, 3.63) is 47.0 Å². The fourth-order valence-corrected chi connectivity index (χ4v) is 2.86. The van der Waals surface area contributed by atoms with Crippen LogP contribution < -0.4 is 4.90 Å². The molecule has 1 aromatic heterocycles. The van der Waals surface area contributed by atoms with Crippen LogP contribution in [0.25, 0.3) is 0 Å². The molecule has 1 amide bonds. The standard InChI is InChI=1S/C16H18N2O3S/c1-3-18(12(2)19)16-17-14(11-22-16)10-21-15(20)9-13-7-5-4-6-8-13/h4-8,11H,3,9-10H2,1-2H3. The Morgan fingerprint density at radius 1 is 1.27 bits per heavy atom. The third kappa shape index (κ3) is 4.39. The highest BCUT2D eigenvalue weighted by atomic mass is 32.1. The number of rotatable bonds is 6. The van der Waals surface area contributed by atoms with Crippen LogP contribution in [0.5, 0.6) is 0 Å². The van der Waals surface area contributed by atoms with E-state index in [1.54, 1.807) is 10.3 Å². The number of amides is 1. The molecule has 2 rings (SSSR count). The molecule has 0 bridgehead atoms. The second-order valence-corrected chi connectivity index (χ2v) is 5.54. The van der Waals surface area contributed by atoms with Gasteiger partial charge in [0.05, 0.1) is 12.1 Å². The first-order valence-corrected chi connectivity index (χ1v) is 7.90. The van der Waals surface area contributed by atoms with Gasteiger partial charge in [0.2, 0.25) is 5.91 Å². The van der Waals surface area contributed by atoms with Crippen molar-refractivity contribution in [1.82, 2.24) is 4.98 Å². The Morgan fingerprint density at radius 3 is 2.64 bits per heavy atom. The zero-order valence-electron chi connectivity index (χ0n) is 12.6. The van der Waals surface area contributed by atoms with Gasteiger partial charge >= 0.3 is 5.97 Å². The number of ether oxygens (including phenoxy) is 1. The minimum Gasteiger partial charge on any atom is -0.459 e. The number of nitrogens with zero attached hydrogens (tertiary/aromatic N) is 2. The zero-order valence-corrected chi connectivity index (χ0v) is 13.4. The minimum absolute atomic E-state index is 0.0514. The molecule has 6 heteroatoms. The van der Waals surface area contributed by atoms with E-state index in [0.717, 1.165) is 5.56 Å². The Hall–Kier alpha value is -2.21. The molecular formula is C16H18N2O3S. The molecule has 0 unspecified atom stereocenters. The normalized spacial score (nSPS) is 10.3. The largest absolute Gasteiger partial charge is 0.459 e. The summed E-state index contributed by atoms with van der Waals surface area (Å²) in [6.45, 7) is 4.08. The molecule has 0 saturated heterocycles. The van der Waals surface area contributed by atoms with Crippen LogP contribution in [0.4, 0.5) is 5.13 Å². The van der Waals surface area contributed by atoms with E-state index in [1.807, 2.05) is 37.3 Å². The molecule has 5 nitrogen and oxygen atoms in total. The highest BCUT2D eigenvalue weighted by molar-refractivity contribution is 7.14. The molecule has 0 spiro atoms. The van der Waals surface area contributed by atoms with Gasteiger partial charge in [0.15, 0.2) is 5.13 Å². The lowest BCUT2D eigenvalue weighted by Crippen LogP contribution is -2.27. The van der Waals surface area contributed by atoms with Gasteiger partial charge in [-0.3, -0.25) is 14.5 Å². The highest BCUT2D eigenvalue weighted by Gasteiger charge is 2.14. The van der Waals surface area contributed by atoms with E-state index in [0.29, 0.717) is 17.4 Å². The van der Waals surface area contributed by atoms with E-state index < -0.39 is 0 Å². The number of hydrogen-bond acceptors (Lipinski definition) is 5. The van der Waals surface area contributed by atoms with Crippen molar-refractivity contribution in [1.29, 1.82) is 0 Å². The van der Waals surface area contributed by atoms with Gasteiger partial charge in [-0.25, -0.2) is 4.98 Å². The number of carbonyl (C=O) groups excluding carboxylic acids is 2. The first kappa shape index (κ1) is 16.2. The van der Waals surface area contributed by atoms with Crippen molar-refractivity contribution in [3.63, 3.8) is 0 Å². The van der Waals surface area contributed by atoms with Crippen molar-refractivity contribution < 1.29 is 14.3 Å². The Bertz CT molecular complexity index is 640. The maximum absolute atomic E-state index is 11.8. The summed E-state index contributed by atoms with van der Waals surface area (Å²) in [4.78, 5) is 29.2. The summed E-state index contributed by atoms with van der Waals surface area (Å²) in [5.41, 5.74) is 1.57. The molecule has 116 valence electrons. The Balaban J connectivity index is 1.88. The van der Waals surface area contributed by atoms with Gasteiger partial charge in [-0.05, 0) is 12.5 Å². The molecule has 0 fully saturated rings. The molecule has 0 atom stereocenters. The van der Waals surface area contributed by atoms with E-state index in [2.05, 4.69) is 4.98 Å². The van der Waals surface area contributed by atoms with Gasteiger partial charge in [0, 0.05) is 18.8 Å². The van der Waals surface area contributed by atoms with Crippen molar-refractivity contribution in [2.45, 2.75) is 26.9 Å². The van der Waals surface area contributed by atoms with Crippen LogP contribution >= 0.6 is 11.3 Å². The summed E-state index contributed by atoms with van der Waals surface area (Å²) >= 11 is 1.37. The van der Waals surface area contributed by atoms with Crippen LogP contribution in [0.1, 0.15) is 25.1 Å². The molecule has 0 aliphatic heterocycles. The summed E-state index contributed by atoms with van der Waals surface area (Å²) in [5, 5.41) is 2.43. The topological polar surface area (TPSA) is 59.5 Å². The monoisotopic (exact) mass is 318 g/mol. The van der Waals surface area contributed by atoms with E-state index in [1.165, 1.54) is 18.3 Å². The van der Waals surface area contributed by atoms with Crippen molar-refractivity contribution in [2.75, 3.05) is 11.4 Å². The van der Waals surface area contributed by atoms with Crippen LogP contribution in [0.3, 0.4) is 0 Å². The van der Waals surface area contributed by atoms with Gasteiger partial charge in [0.25, 0.3) is 0 Å². The van der Waals surface area contributed by atoms with E-state index in [9.17, 15) is 9.59 Å². The smallest absolute Gasteiger partial charge is 0.310 e. The highest BCUT2D eigenvalue weighted by Crippen LogP contribution is 2.21. The number of aromatic nitrogens is 1. The fraction of sp³-hybridized carbons (Fsp3) is 0.312. The average molecular weight is 318 g/mol. The van der Waals surface area contributed by atoms with Crippen LogP contribution in [0, 0.1) is 0 Å². The lowest BCUT2D eigenvalue weighted by Gasteiger charge is -2.14. The molecule has 0 radical (unpaired) electrons. The number of hydrogen-bond donors (Lipinski definition) is 0. The summed E-state index contributed by atoms with van der Waals surface area (Å²) in [6, 6.07) is 9.44. The van der Waals surface area contributed by atoms with Gasteiger partial charge in [-0.15, -0.1) is 11.3 Å². The van der Waals surface area contributed by atoms with Gasteiger partial charge in [0.1, 0.15) is 6.61 Å². The number of benzene rings is 1. The van der Waals surface area contributed by atoms with E-state index in [4.69, 9.17) is 4.74 Å². The van der Waals surface area contributed by atoms with Gasteiger partial charge in [-0.1, -0.05) is 30.3 Å². The van der Waals surface area contributed by atoms with E-state index in [-0.39, 0.29) is 24.9 Å². The number of anilines is 1. The molecule has 2 aromatic rings. The minimum atomic E-state index is -0.292. The predicted octanol–water partition coefficient (Wildman–Crippen LogP) is 2.80. The Labute approximate surface area is 133 Å². The van der Waals surface area contributed by atoms with Crippen LogP contribution in [-0.2, 0) is 27.4 Å². The molecule has 0 aliphatic rings. The average Bonchev–Trinajstić information content (AvgIpc) is 2.95. The second kappa shape index (κ2) is 7.70. The maximum atomic E-state index is 11.8. The van der Waals surface area contributed by atoms with Crippen molar-refractivity contribution >= 4 is 28.3 Å². The Kier molecular flexibility index (Phi) is 5.66. The molecular weight excluding hydrogens is 300 g/mol. The first-order valence-electron chi connectivity index (χ1n) is 7.02. The maximum Gasteiger partial charge on any atom is 0.310 e. The third-order valence-electron chi connectivity index (χ3n) is 3.04. The SMILES string of the molecule is CCN(C(C)=O)c1nc(COC(=O)Cc2ccccc2)cs1. The molecule has 0 aliphatic carbocycles. The molecule has 0 N–H and O–H groups in total. The lowest BCUT2D eigenvalue weighted by atomic mass is 10.2. The molecule has 22 heavy (non-hydrogen) atoms. The number of esters is 1. The molecule has 1 aromatic carbocycles. The summed E-state index contributed by atoms with van der Waals surface area (Å²) in [5.74, 6) is -0.343. The van der Waals surface area contributed by atoms with Crippen LogP contribution in [-0.4, -0.2) is 23.4 Å². The predicted molar refractivity (Wildman–Crippen MR) is 85.8 cm³/mol. The van der Waals surface area contributed by atoms with Gasteiger partial charge in [-0.2, -0.15) is 0 Å². The molecule has 0 saturated carbocycles. The summed E-state index contributed by atoms with van der Waals surface area (Å²) in [7, 11) is 0. The first-order chi connectivity index (χ1) is 10.6. The molecule has 1 heterocycles. The fourth-order valence-electron chi connectivity index (χ4n) is 1.95. The Morgan fingerprint density at radius 2 is 2.00 bits per heavy atom. The quantitative estimate of drug-likeness (QED) is 0.769. The van der Waals surface area contributed by atoms with Crippen LogP contribution in [0.2, 0.25) is 0 Å². The number of thiazole rings is 1. The van der Waals surface area contributed by atoms with Crippen molar-refractivity contribution in [2.24, 2.45) is 0 Å². The number of carbonyl (C=O) groups is 2. The van der Waals surface area contributed by atoms with Gasteiger partial charge < -0.3 is 4.74 Å². The summed E-state index contributed by atoms with van der Waals surface area (Å²) < 4.78 is 5.22. The lowest BCUT2D eigenvalue weighted by molar-refractivity contribution is -0.144.